The molecule has 0 amide bonds. The number of allylic oxidation sites excluding steroid dienone is 8. The van der Waals surface area contributed by atoms with E-state index in [1.54, 1.807) is 0 Å². The highest BCUT2D eigenvalue weighted by Gasteiger charge is 2.17. The molecule has 54 heavy (non-hydrogen) atoms. The van der Waals surface area contributed by atoms with Crippen LogP contribution in [0.1, 0.15) is 226 Å². The molecule has 0 saturated heterocycles. The zero-order chi connectivity index (χ0) is 39.3. The summed E-state index contributed by atoms with van der Waals surface area (Å²) in [7, 11) is 0. The molecule has 0 aromatic heterocycles. The average Bonchev–Trinajstić information content (AvgIpc) is 3.17. The summed E-state index contributed by atoms with van der Waals surface area (Å²) >= 11 is 0. The van der Waals surface area contributed by atoms with Gasteiger partial charge in [-0.3, -0.25) is 9.59 Å². The first kappa shape index (κ1) is 51.9. The third-order valence-corrected chi connectivity index (χ3v) is 9.88. The van der Waals surface area contributed by atoms with E-state index in [-0.39, 0.29) is 25.2 Å². The minimum atomic E-state index is -0.539. The van der Waals surface area contributed by atoms with Crippen molar-refractivity contribution in [2.75, 3.05) is 19.8 Å². The number of ether oxygens (including phenoxy) is 3. The first-order chi connectivity index (χ1) is 26.6. The monoisotopic (exact) mass is 757 g/mol. The Morgan fingerprint density at radius 2 is 0.833 bits per heavy atom. The zero-order valence-corrected chi connectivity index (χ0v) is 36.0. The van der Waals surface area contributed by atoms with Crippen molar-refractivity contribution in [2.24, 2.45) is 0 Å². The van der Waals surface area contributed by atoms with Gasteiger partial charge in [-0.2, -0.15) is 0 Å². The lowest BCUT2D eigenvalue weighted by molar-refractivity contribution is -0.163. The van der Waals surface area contributed by atoms with Gasteiger partial charge in [0.05, 0.1) is 6.61 Å². The summed E-state index contributed by atoms with van der Waals surface area (Å²) in [5, 5.41) is 0. The van der Waals surface area contributed by atoms with Gasteiger partial charge >= 0.3 is 11.9 Å². The third kappa shape index (κ3) is 42.6. The van der Waals surface area contributed by atoms with Gasteiger partial charge in [0.2, 0.25) is 0 Å². The van der Waals surface area contributed by atoms with Crippen LogP contribution in [-0.2, 0) is 23.8 Å². The van der Waals surface area contributed by atoms with Gasteiger partial charge in [0.25, 0.3) is 0 Å². The van der Waals surface area contributed by atoms with Gasteiger partial charge < -0.3 is 14.2 Å². The maximum absolute atomic E-state index is 12.7. The van der Waals surface area contributed by atoms with E-state index in [2.05, 4.69) is 69.4 Å². The Kier molecular flexibility index (Phi) is 43.5. The number of carbonyl (C=O) groups is 2. The average molecular weight is 757 g/mol. The lowest BCUT2D eigenvalue weighted by Crippen LogP contribution is -2.30. The third-order valence-electron chi connectivity index (χ3n) is 9.88. The molecule has 0 aromatic carbocycles. The number of carbonyl (C=O) groups excluding carboxylic acids is 2. The van der Waals surface area contributed by atoms with Gasteiger partial charge in [-0.15, -0.1) is 0 Å². The molecule has 5 heteroatoms. The molecular formula is C49H88O5. The number of hydrogen-bond acceptors (Lipinski definition) is 5. The lowest BCUT2D eigenvalue weighted by Gasteiger charge is -2.18. The molecule has 0 fully saturated rings. The summed E-state index contributed by atoms with van der Waals surface area (Å²) in [6.45, 7) is 7.67. The molecule has 0 N–H and O–H groups in total. The highest BCUT2D eigenvalue weighted by molar-refractivity contribution is 5.70. The molecule has 0 aliphatic heterocycles. The van der Waals surface area contributed by atoms with E-state index in [0.717, 1.165) is 70.6 Å². The van der Waals surface area contributed by atoms with Crippen molar-refractivity contribution in [3.05, 3.63) is 48.6 Å². The van der Waals surface area contributed by atoms with Crippen LogP contribution in [0, 0.1) is 0 Å². The van der Waals surface area contributed by atoms with Crippen molar-refractivity contribution in [2.45, 2.75) is 232 Å². The quantitative estimate of drug-likeness (QED) is 0.0353. The molecule has 0 aliphatic rings. The van der Waals surface area contributed by atoms with Crippen LogP contribution in [0.25, 0.3) is 0 Å². The molecule has 0 spiro atoms. The van der Waals surface area contributed by atoms with E-state index >= 15 is 0 Å². The van der Waals surface area contributed by atoms with Crippen molar-refractivity contribution in [3.63, 3.8) is 0 Å². The SMILES string of the molecule is CC/C=C\C/C=C\C/C=C\C/C=C\CCCCCCCOCC(COC(=O)CCCCCCCCCCCCC)OC(=O)CCCCCCCCCCC. The Hall–Kier alpha value is -2.14. The fourth-order valence-corrected chi connectivity index (χ4v) is 6.44. The van der Waals surface area contributed by atoms with Crippen LogP contribution < -0.4 is 0 Å². The van der Waals surface area contributed by atoms with Crippen LogP contribution in [-0.4, -0.2) is 37.9 Å². The van der Waals surface area contributed by atoms with Gasteiger partial charge in [0, 0.05) is 19.4 Å². The minimum Gasteiger partial charge on any atom is -0.462 e. The second kappa shape index (κ2) is 45.3. The van der Waals surface area contributed by atoms with E-state index in [9.17, 15) is 9.59 Å². The second-order valence-corrected chi connectivity index (χ2v) is 15.3. The van der Waals surface area contributed by atoms with Crippen molar-refractivity contribution >= 4 is 11.9 Å². The fourth-order valence-electron chi connectivity index (χ4n) is 6.44. The molecule has 314 valence electrons. The summed E-state index contributed by atoms with van der Waals surface area (Å²) < 4.78 is 17.3. The molecule has 5 nitrogen and oxygen atoms in total. The maximum Gasteiger partial charge on any atom is 0.306 e. The number of esters is 2. The molecule has 0 rings (SSSR count). The Morgan fingerprint density at radius 1 is 0.426 bits per heavy atom. The van der Waals surface area contributed by atoms with Crippen molar-refractivity contribution in [3.8, 4) is 0 Å². The van der Waals surface area contributed by atoms with Crippen LogP contribution in [0.15, 0.2) is 48.6 Å². The first-order valence-electron chi connectivity index (χ1n) is 23.2. The highest BCUT2D eigenvalue weighted by atomic mass is 16.6. The molecule has 0 saturated carbocycles. The van der Waals surface area contributed by atoms with Crippen molar-refractivity contribution in [1.82, 2.24) is 0 Å². The van der Waals surface area contributed by atoms with Gasteiger partial charge in [0.15, 0.2) is 6.10 Å². The van der Waals surface area contributed by atoms with E-state index < -0.39 is 6.10 Å². The Balaban J connectivity index is 4.22. The number of hydrogen-bond donors (Lipinski definition) is 0. The maximum atomic E-state index is 12.7. The summed E-state index contributed by atoms with van der Waals surface area (Å²) in [4.78, 5) is 25.2. The summed E-state index contributed by atoms with van der Waals surface area (Å²) in [6, 6.07) is 0. The van der Waals surface area contributed by atoms with Gasteiger partial charge in [0.1, 0.15) is 6.61 Å². The molecule has 0 radical (unpaired) electrons. The van der Waals surface area contributed by atoms with Gasteiger partial charge in [-0.05, 0) is 57.8 Å². The number of rotatable bonds is 42. The van der Waals surface area contributed by atoms with Crippen LogP contribution in [0.5, 0.6) is 0 Å². The van der Waals surface area contributed by atoms with Crippen LogP contribution in [0.4, 0.5) is 0 Å². The van der Waals surface area contributed by atoms with Crippen LogP contribution >= 0.6 is 0 Å². The Labute approximate surface area is 335 Å². The number of unbranched alkanes of at least 4 members (excludes halogenated alkanes) is 23. The van der Waals surface area contributed by atoms with E-state index in [1.165, 1.54) is 122 Å². The highest BCUT2D eigenvalue weighted by Crippen LogP contribution is 2.14. The Bertz CT molecular complexity index is 904. The summed E-state index contributed by atoms with van der Waals surface area (Å²) in [5.41, 5.74) is 0. The molecule has 0 aliphatic carbocycles. The first-order valence-corrected chi connectivity index (χ1v) is 23.2. The van der Waals surface area contributed by atoms with Crippen LogP contribution in [0.3, 0.4) is 0 Å². The summed E-state index contributed by atoms with van der Waals surface area (Å²) in [6.07, 6.45) is 54.0. The molecule has 0 heterocycles. The molecule has 1 atom stereocenters. The molecule has 0 bridgehead atoms. The van der Waals surface area contributed by atoms with E-state index in [1.807, 2.05) is 0 Å². The smallest absolute Gasteiger partial charge is 0.306 e. The molecule has 1 unspecified atom stereocenters. The topological polar surface area (TPSA) is 61.8 Å². The minimum absolute atomic E-state index is 0.0810. The van der Waals surface area contributed by atoms with E-state index in [0.29, 0.717) is 19.4 Å². The molecule has 0 aromatic rings. The van der Waals surface area contributed by atoms with Gasteiger partial charge in [-0.25, -0.2) is 0 Å². The predicted octanol–water partition coefficient (Wildman–Crippen LogP) is 15.2. The standard InChI is InChI=1S/C49H88O5/c1-4-7-10-13-16-19-21-22-23-24-25-26-27-29-32-35-38-41-44-52-45-47(54-49(51)43-40-37-34-30-18-15-12-9-6-3)46-53-48(50)42-39-36-33-31-28-20-17-14-11-8-5-2/h7,10,16,19,22-23,25-26,47H,4-6,8-9,11-15,17-18,20-21,24,27-46H2,1-3H3/b10-7-,19-16-,23-22-,26-25-. The predicted molar refractivity (Wildman–Crippen MR) is 233 cm³/mol. The van der Waals surface area contributed by atoms with Crippen molar-refractivity contribution in [1.29, 1.82) is 0 Å². The van der Waals surface area contributed by atoms with E-state index in [4.69, 9.17) is 14.2 Å². The Morgan fingerprint density at radius 3 is 1.33 bits per heavy atom. The zero-order valence-electron chi connectivity index (χ0n) is 36.0. The van der Waals surface area contributed by atoms with Crippen molar-refractivity contribution < 1.29 is 23.8 Å². The fraction of sp³-hybridized carbons (Fsp3) is 0.796. The van der Waals surface area contributed by atoms with Crippen LogP contribution in [0.2, 0.25) is 0 Å². The normalized spacial score (nSPS) is 12.6. The molecular weight excluding hydrogens is 669 g/mol. The second-order valence-electron chi connectivity index (χ2n) is 15.3. The largest absolute Gasteiger partial charge is 0.462 e. The summed E-state index contributed by atoms with van der Waals surface area (Å²) in [5.74, 6) is -0.405. The lowest BCUT2D eigenvalue weighted by atomic mass is 10.1. The van der Waals surface area contributed by atoms with Gasteiger partial charge in [-0.1, -0.05) is 204 Å².